The van der Waals surface area contributed by atoms with Gasteiger partial charge >= 0.3 is 11.9 Å². The van der Waals surface area contributed by atoms with Gasteiger partial charge in [-0.15, -0.1) is 11.6 Å². The summed E-state index contributed by atoms with van der Waals surface area (Å²) in [6.07, 6.45) is 3.52. The fourth-order valence-electron chi connectivity index (χ4n) is 3.69. The maximum atomic E-state index is 12.9. The molecule has 2 unspecified atom stereocenters. The monoisotopic (exact) mass is 588 g/mol. The van der Waals surface area contributed by atoms with Gasteiger partial charge in [-0.05, 0) is 54.0 Å². The molecule has 9 heteroatoms. The standard InChI is InChI=1S/C30H27Cl3O6/c1-28(2,3)29(33)17-16-25(26(19-29)36-21-10-6-4-7-11-21)39-30(27(34)35,37-22-12-8-5-9-13-22)38-24-15-14-20(31)18-23(24)32/h4-18H,19H2,1-3H3,(H,34,35). The molecule has 0 saturated carbocycles. The highest BCUT2D eigenvalue weighted by molar-refractivity contribution is 6.35. The molecule has 0 amide bonds. The molecular formula is C30H27Cl3O6. The summed E-state index contributed by atoms with van der Waals surface area (Å²) < 4.78 is 24.1. The second-order valence-electron chi connectivity index (χ2n) is 9.88. The van der Waals surface area contributed by atoms with Crippen LogP contribution in [0, 0.1) is 5.41 Å². The maximum Gasteiger partial charge on any atom is 0.523 e. The summed E-state index contributed by atoms with van der Waals surface area (Å²) in [7, 11) is 0. The minimum absolute atomic E-state index is 0.0216. The van der Waals surface area contributed by atoms with Crippen LogP contribution in [0.25, 0.3) is 0 Å². The zero-order valence-electron chi connectivity index (χ0n) is 21.5. The Morgan fingerprint density at radius 2 is 1.49 bits per heavy atom. The largest absolute Gasteiger partial charge is 0.523 e. The second-order valence-corrected chi connectivity index (χ2v) is 11.4. The van der Waals surface area contributed by atoms with Crippen molar-refractivity contribution in [3.63, 3.8) is 0 Å². The minimum atomic E-state index is -2.71. The number of para-hydroxylation sites is 2. The molecule has 0 aromatic heterocycles. The summed E-state index contributed by atoms with van der Waals surface area (Å²) in [6.45, 7) is 6.01. The van der Waals surface area contributed by atoms with Gasteiger partial charge in [0, 0.05) is 11.4 Å². The van der Waals surface area contributed by atoms with Gasteiger partial charge in [0.2, 0.25) is 0 Å². The Balaban J connectivity index is 1.82. The van der Waals surface area contributed by atoms with E-state index >= 15 is 0 Å². The molecule has 0 fully saturated rings. The Morgan fingerprint density at radius 3 is 2.05 bits per heavy atom. The van der Waals surface area contributed by atoms with Gasteiger partial charge in [0.15, 0.2) is 5.76 Å². The number of carbonyl (C=O) groups is 1. The van der Waals surface area contributed by atoms with Gasteiger partial charge in [-0.2, -0.15) is 0 Å². The number of rotatable bonds is 9. The average Bonchev–Trinajstić information content (AvgIpc) is 2.88. The van der Waals surface area contributed by atoms with Crippen molar-refractivity contribution in [1.29, 1.82) is 0 Å². The van der Waals surface area contributed by atoms with Gasteiger partial charge in [-0.25, -0.2) is 4.79 Å². The van der Waals surface area contributed by atoms with Crippen LogP contribution in [0.15, 0.2) is 103 Å². The number of aliphatic carboxylic acids is 1. The Hall–Kier alpha value is -3.32. The Kier molecular flexibility index (Phi) is 8.40. The van der Waals surface area contributed by atoms with Crippen LogP contribution in [0.4, 0.5) is 0 Å². The predicted octanol–water partition coefficient (Wildman–Crippen LogP) is 8.48. The molecule has 39 heavy (non-hydrogen) atoms. The van der Waals surface area contributed by atoms with Crippen LogP contribution in [-0.2, 0) is 9.53 Å². The van der Waals surface area contributed by atoms with Crippen molar-refractivity contribution in [2.45, 2.75) is 38.0 Å². The number of hydrogen-bond donors (Lipinski definition) is 1. The molecule has 1 aliphatic carbocycles. The number of carboxylic acids is 1. The van der Waals surface area contributed by atoms with E-state index in [9.17, 15) is 9.90 Å². The fraction of sp³-hybridized carbons (Fsp3) is 0.233. The van der Waals surface area contributed by atoms with E-state index in [0.717, 1.165) is 0 Å². The third-order valence-corrected chi connectivity index (χ3v) is 7.42. The second kappa shape index (κ2) is 11.4. The third kappa shape index (κ3) is 6.64. The van der Waals surface area contributed by atoms with Gasteiger partial charge < -0.3 is 24.1 Å². The van der Waals surface area contributed by atoms with E-state index < -0.39 is 16.8 Å². The number of ether oxygens (including phenoxy) is 4. The molecule has 204 valence electrons. The first kappa shape index (κ1) is 28.7. The molecule has 0 heterocycles. The lowest BCUT2D eigenvalue weighted by atomic mass is 9.75. The first-order chi connectivity index (χ1) is 18.4. The molecule has 0 bridgehead atoms. The molecule has 6 nitrogen and oxygen atoms in total. The van der Waals surface area contributed by atoms with Crippen LogP contribution >= 0.6 is 34.8 Å². The van der Waals surface area contributed by atoms with E-state index in [1.54, 1.807) is 54.6 Å². The van der Waals surface area contributed by atoms with E-state index in [-0.39, 0.29) is 34.1 Å². The molecule has 0 spiro atoms. The van der Waals surface area contributed by atoms with Crippen molar-refractivity contribution < 1.29 is 28.8 Å². The highest BCUT2D eigenvalue weighted by Gasteiger charge is 2.51. The fourth-order valence-corrected chi connectivity index (χ4v) is 4.32. The molecule has 1 aliphatic rings. The van der Waals surface area contributed by atoms with Crippen molar-refractivity contribution >= 4 is 40.8 Å². The van der Waals surface area contributed by atoms with E-state index in [2.05, 4.69) is 0 Å². The first-order valence-corrected chi connectivity index (χ1v) is 13.2. The first-order valence-electron chi connectivity index (χ1n) is 12.1. The maximum absolute atomic E-state index is 12.9. The van der Waals surface area contributed by atoms with Gasteiger partial charge in [-0.1, -0.05) is 86.4 Å². The van der Waals surface area contributed by atoms with Crippen LogP contribution in [0.5, 0.6) is 17.2 Å². The van der Waals surface area contributed by atoms with Crippen LogP contribution in [0.3, 0.4) is 0 Å². The minimum Gasteiger partial charge on any atom is -0.472 e. The third-order valence-electron chi connectivity index (χ3n) is 6.06. The van der Waals surface area contributed by atoms with E-state index in [1.165, 1.54) is 18.2 Å². The zero-order valence-corrected chi connectivity index (χ0v) is 23.8. The normalized spacial score (nSPS) is 18.7. The lowest BCUT2D eigenvalue weighted by molar-refractivity contribution is -0.277. The van der Waals surface area contributed by atoms with Crippen LogP contribution in [-0.4, -0.2) is 21.9 Å². The molecule has 3 aromatic rings. The van der Waals surface area contributed by atoms with Crippen molar-refractivity contribution in [3.05, 3.63) is 113 Å². The van der Waals surface area contributed by atoms with Gasteiger partial charge in [-0.3, -0.25) is 0 Å². The number of allylic oxidation sites excluding steroid dienone is 3. The molecule has 2 atom stereocenters. The predicted molar refractivity (Wildman–Crippen MR) is 152 cm³/mol. The van der Waals surface area contributed by atoms with Crippen LogP contribution < -0.4 is 14.2 Å². The molecule has 4 rings (SSSR count). The van der Waals surface area contributed by atoms with Crippen molar-refractivity contribution in [1.82, 2.24) is 0 Å². The Labute approximate surface area is 242 Å². The summed E-state index contributed by atoms with van der Waals surface area (Å²) in [5.74, 6) is -3.26. The van der Waals surface area contributed by atoms with Crippen molar-refractivity contribution in [3.8, 4) is 17.2 Å². The number of alkyl halides is 1. The smallest absolute Gasteiger partial charge is 0.472 e. The molecule has 0 radical (unpaired) electrons. The molecule has 0 saturated heterocycles. The quantitative estimate of drug-likeness (QED) is 0.199. The Bertz CT molecular complexity index is 1380. The Morgan fingerprint density at radius 1 is 0.872 bits per heavy atom. The van der Waals surface area contributed by atoms with Gasteiger partial charge in [0.1, 0.15) is 23.0 Å². The summed E-state index contributed by atoms with van der Waals surface area (Å²) in [6, 6.07) is 21.7. The molecule has 1 N–H and O–H groups in total. The van der Waals surface area contributed by atoms with Crippen molar-refractivity contribution in [2.75, 3.05) is 0 Å². The lowest BCUT2D eigenvalue weighted by Crippen LogP contribution is -2.53. The molecule has 3 aromatic carbocycles. The number of benzene rings is 3. The zero-order chi connectivity index (χ0) is 28.3. The average molecular weight is 590 g/mol. The van der Waals surface area contributed by atoms with E-state index in [4.69, 9.17) is 53.8 Å². The summed E-state index contributed by atoms with van der Waals surface area (Å²) in [4.78, 5) is 12.0. The highest BCUT2D eigenvalue weighted by Crippen LogP contribution is 2.47. The van der Waals surface area contributed by atoms with Crippen LogP contribution in [0.2, 0.25) is 10.0 Å². The lowest BCUT2D eigenvalue weighted by Gasteiger charge is -2.40. The van der Waals surface area contributed by atoms with Gasteiger partial charge in [0.25, 0.3) is 0 Å². The number of carboxylic acid groups (broad SMARTS) is 1. The van der Waals surface area contributed by atoms with Crippen LogP contribution in [0.1, 0.15) is 27.2 Å². The number of hydrogen-bond acceptors (Lipinski definition) is 5. The highest BCUT2D eigenvalue weighted by atomic mass is 35.5. The summed E-state index contributed by atoms with van der Waals surface area (Å²) in [5.41, 5.74) is -0.375. The summed E-state index contributed by atoms with van der Waals surface area (Å²) >= 11 is 19.4. The van der Waals surface area contributed by atoms with E-state index in [0.29, 0.717) is 16.5 Å². The van der Waals surface area contributed by atoms with Gasteiger partial charge in [0.05, 0.1) is 9.90 Å². The summed E-state index contributed by atoms with van der Waals surface area (Å²) in [5, 5.41) is 10.9. The molecular weight excluding hydrogens is 563 g/mol. The number of halogens is 3. The van der Waals surface area contributed by atoms with Crippen molar-refractivity contribution in [2.24, 2.45) is 5.41 Å². The SMILES string of the molecule is CC(C)(C)C1(Cl)C=CC(OC(Oc2ccccc2)(Oc2ccc(Cl)cc2Cl)C(=O)O)=C(Oc2ccccc2)C1. The van der Waals surface area contributed by atoms with E-state index in [1.807, 2.05) is 39.0 Å². The molecule has 0 aliphatic heterocycles. The topological polar surface area (TPSA) is 74.2 Å².